The topological polar surface area (TPSA) is 66.9 Å². The molecule has 1 aromatic carbocycles. The molecule has 0 aliphatic carbocycles. The predicted octanol–water partition coefficient (Wildman–Crippen LogP) is 1.62. The second-order valence-electron chi connectivity index (χ2n) is 5.50. The van der Waals surface area contributed by atoms with Gasteiger partial charge >= 0.3 is 5.97 Å². The van der Waals surface area contributed by atoms with E-state index in [2.05, 4.69) is 0 Å². The van der Waals surface area contributed by atoms with Crippen LogP contribution < -0.4 is 0 Å². The molecule has 2 aliphatic heterocycles. The highest BCUT2D eigenvalue weighted by atomic mass is 16.7. The van der Waals surface area contributed by atoms with E-state index in [0.29, 0.717) is 11.5 Å². The third kappa shape index (κ3) is 2.39. The van der Waals surface area contributed by atoms with E-state index in [1.54, 1.807) is 24.3 Å². The number of benzene rings is 1. The molecule has 2 aliphatic rings. The van der Waals surface area contributed by atoms with Crippen LogP contribution in [0.4, 0.5) is 0 Å². The number of piperidine rings is 1. The van der Waals surface area contributed by atoms with Crippen molar-refractivity contribution in [3.8, 4) is 0 Å². The first kappa shape index (κ1) is 14.7. The van der Waals surface area contributed by atoms with Crippen LogP contribution in [0.15, 0.2) is 24.3 Å². The normalized spacial score (nSPS) is 21.9. The lowest BCUT2D eigenvalue weighted by Crippen LogP contribution is -2.47. The monoisotopic (exact) mass is 302 g/mol. The molecule has 116 valence electrons. The maximum absolute atomic E-state index is 12.4. The molecule has 3 rings (SSSR count). The van der Waals surface area contributed by atoms with E-state index >= 15 is 0 Å². The third-order valence-electron chi connectivity index (χ3n) is 4.23. The van der Waals surface area contributed by atoms with Gasteiger partial charge in [0.1, 0.15) is 6.04 Å². The molecular formula is C16H18N2O4. The Hall–Kier alpha value is -2.21. The van der Waals surface area contributed by atoms with E-state index in [4.69, 9.17) is 4.84 Å². The van der Waals surface area contributed by atoms with Gasteiger partial charge in [0.25, 0.3) is 11.8 Å². The van der Waals surface area contributed by atoms with Gasteiger partial charge < -0.3 is 4.84 Å². The van der Waals surface area contributed by atoms with Crippen molar-refractivity contribution in [1.29, 1.82) is 0 Å². The number of likely N-dealkylation sites (tertiary alicyclic amines) is 1. The number of carbonyl (C=O) groups is 3. The number of rotatable bonds is 3. The number of amides is 2. The molecule has 6 nitrogen and oxygen atoms in total. The number of fused-ring (bicyclic) bond motifs is 1. The summed E-state index contributed by atoms with van der Waals surface area (Å²) < 4.78 is 0. The Labute approximate surface area is 128 Å². The van der Waals surface area contributed by atoms with Gasteiger partial charge in [0, 0.05) is 0 Å². The second-order valence-corrected chi connectivity index (χ2v) is 5.50. The zero-order valence-electron chi connectivity index (χ0n) is 12.4. The molecule has 0 aromatic heterocycles. The van der Waals surface area contributed by atoms with Crippen molar-refractivity contribution in [3.05, 3.63) is 35.4 Å². The van der Waals surface area contributed by atoms with Gasteiger partial charge in [-0.15, -0.1) is 0 Å². The standard InChI is InChI=1S/C16H18N2O4/c1-2-17-10-6-5-9-13(17)16(21)22-18-14(19)11-7-3-4-8-12(11)15(18)20/h3-4,7-8,13H,2,5-6,9-10H2,1H3. The van der Waals surface area contributed by atoms with E-state index in [1.807, 2.05) is 11.8 Å². The van der Waals surface area contributed by atoms with E-state index < -0.39 is 17.8 Å². The molecule has 1 saturated heterocycles. The number of likely N-dealkylation sites (N-methyl/N-ethyl adjacent to an activating group) is 1. The molecular weight excluding hydrogens is 284 g/mol. The number of carbonyl (C=O) groups excluding carboxylic acids is 3. The maximum atomic E-state index is 12.4. The number of hydroxylamine groups is 2. The quantitative estimate of drug-likeness (QED) is 0.794. The summed E-state index contributed by atoms with van der Waals surface area (Å²) in [6, 6.07) is 6.08. The van der Waals surface area contributed by atoms with Crippen molar-refractivity contribution >= 4 is 17.8 Å². The van der Waals surface area contributed by atoms with Crippen LogP contribution in [0, 0.1) is 0 Å². The summed E-state index contributed by atoms with van der Waals surface area (Å²) >= 11 is 0. The fraction of sp³-hybridized carbons (Fsp3) is 0.438. The predicted molar refractivity (Wildman–Crippen MR) is 77.9 cm³/mol. The van der Waals surface area contributed by atoms with Crippen LogP contribution >= 0.6 is 0 Å². The molecule has 2 amide bonds. The first-order chi connectivity index (χ1) is 10.6. The summed E-state index contributed by atoms with van der Waals surface area (Å²) in [6.45, 7) is 3.55. The van der Waals surface area contributed by atoms with E-state index in [-0.39, 0.29) is 17.2 Å². The second kappa shape index (κ2) is 5.88. The number of nitrogens with zero attached hydrogens (tertiary/aromatic N) is 2. The van der Waals surface area contributed by atoms with E-state index in [9.17, 15) is 14.4 Å². The minimum atomic E-state index is -0.576. The fourth-order valence-electron chi connectivity index (χ4n) is 3.04. The lowest BCUT2D eigenvalue weighted by molar-refractivity contribution is -0.176. The molecule has 1 aromatic rings. The number of hydrogen-bond acceptors (Lipinski definition) is 5. The Balaban J connectivity index is 1.75. The van der Waals surface area contributed by atoms with E-state index in [1.165, 1.54) is 0 Å². The summed E-state index contributed by atoms with van der Waals surface area (Å²) in [6.07, 6.45) is 2.68. The summed E-state index contributed by atoms with van der Waals surface area (Å²) in [5, 5.41) is 0.593. The Bertz CT molecular complexity index is 593. The smallest absolute Gasteiger partial charge is 0.328 e. The molecule has 1 atom stereocenters. The van der Waals surface area contributed by atoms with Crippen molar-refractivity contribution in [2.75, 3.05) is 13.1 Å². The van der Waals surface area contributed by atoms with Crippen molar-refractivity contribution in [1.82, 2.24) is 9.96 Å². The van der Waals surface area contributed by atoms with Crippen molar-refractivity contribution in [2.45, 2.75) is 32.2 Å². The van der Waals surface area contributed by atoms with Gasteiger partial charge in [0.05, 0.1) is 11.1 Å². The van der Waals surface area contributed by atoms with Crippen molar-refractivity contribution in [2.24, 2.45) is 0 Å². The molecule has 1 unspecified atom stereocenters. The average molecular weight is 302 g/mol. The number of imide groups is 1. The van der Waals surface area contributed by atoms with Crippen LogP contribution in [0.2, 0.25) is 0 Å². The highest BCUT2D eigenvalue weighted by Gasteiger charge is 2.40. The Morgan fingerprint density at radius 3 is 2.41 bits per heavy atom. The van der Waals surface area contributed by atoms with Gasteiger partial charge in [-0.1, -0.05) is 30.5 Å². The number of hydrogen-bond donors (Lipinski definition) is 0. The molecule has 0 spiro atoms. The molecule has 0 N–H and O–H groups in total. The van der Waals surface area contributed by atoms with Gasteiger partial charge in [-0.2, -0.15) is 0 Å². The van der Waals surface area contributed by atoms with Gasteiger partial charge in [0.15, 0.2) is 0 Å². The first-order valence-electron chi connectivity index (χ1n) is 7.57. The zero-order valence-corrected chi connectivity index (χ0v) is 12.4. The summed E-state index contributed by atoms with van der Waals surface area (Å²) in [7, 11) is 0. The van der Waals surface area contributed by atoms with Crippen molar-refractivity contribution in [3.63, 3.8) is 0 Å². The third-order valence-corrected chi connectivity index (χ3v) is 4.23. The van der Waals surface area contributed by atoms with Gasteiger partial charge in [0.2, 0.25) is 0 Å². The van der Waals surface area contributed by atoms with Crippen LogP contribution in [0.25, 0.3) is 0 Å². The highest BCUT2D eigenvalue weighted by molar-refractivity contribution is 6.20. The highest BCUT2D eigenvalue weighted by Crippen LogP contribution is 2.24. The molecule has 0 bridgehead atoms. The first-order valence-corrected chi connectivity index (χ1v) is 7.57. The fourth-order valence-corrected chi connectivity index (χ4v) is 3.04. The van der Waals surface area contributed by atoms with Crippen molar-refractivity contribution < 1.29 is 19.2 Å². The Morgan fingerprint density at radius 1 is 1.18 bits per heavy atom. The molecule has 0 saturated carbocycles. The Kier molecular flexibility index (Phi) is 3.94. The van der Waals surface area contributed by atoms with Crippen LogP contribution in [0.5, 0.6) is 0 Å². The van der Waals surface area contributed by atoms with Crippen LogP contribution in [0.1, 0.15) is 46.9 Å². The summed E-state index contributed by atoms with van der Waals surface area (Å²) in [5.74, 6) is -1.68. The summed E-state index contributed by atoms with van der Waals surface area (Å²) in [4.78, 5) is 43.9. The summed E-state index contributed by atoms with van der Waals surface area (Å²) in [5.41, 5.74) is 0.549. The largest absolute Gasteiger partial charge is 0.350 e. The molecule has 1 fully saturated rings. The lowest BCUT2D eigenvalue weighted by atomic mass is 10.0. The molecule has 6 heteroatoms. The van der Waals surface area contributed by atoms with Crippen LogP contribution in [0.3, 0.4) is 0 Å². The van der Waals surface area contributed by atoms with Gasteiger partial charge in [-0.3, -0.25) is 14.5 Å². The van der Waals surface area contributed by atoms with Crippen LogP contribution in [-0.2, 0) is 9.63 Å². The minimum absolute atomic E-state index is 0.274. The lowest BCUT2D eigenvalue weighted by Gasteiger charge is -2.33. The molecule has 0 radical (unpaired) electrons. The Morgan fingerprint density at radius 2 is 1.82 bits per heavy atom. The minimum Gasteiger partial charge on any atom is -0.328 e. The van der Waals surface area contributed by atoms with Gasteiger partial charge in [-0.25, -0.2) is 4.79 Å². The average Bonchev–Trinajstić information content (AvgIpc) is 2.80. The molecule has 22 heavy (non-hydrogen) atoms. The van der Waals surface area contributed by atoms with E-state index in [0.717, 1.165) is 25.9 Å². The SMILES string of the molecule is CCN1CCCCC1C(=O)ON1C(=O)c2ccccc2C1=O. The van der Waals surface area contributed by atoms with Crippen LogP contribution in [-0.4, -0.2) is 46.9 Å². The van der Waals surface area contributed by atoms with Gasteiger partial charge in [-0.05, 0) is 38.1 Å². The molecule has 2 heterocycles. The maximum Gasteiger partial charge on any atom is 0.350 e. The zero-order chi connectivity index (χ0) is 15.7.